The maximum Gasteiger partial charge on any atom is 0.261 e. The van der Waals surface area contributed by atoms with Gasteiger partial charge in [0.1, 0.15) is 11.5 Å². The highest BCUT2D eigenvalue weighted by molar-refractivity contribution is 7.91. The van der Waals surface area contributed by atoms with Gasteiger partial charge in [0.15, 0.2) is 9.84 Å². The zero-order valence-electron chi connectivity index (χ0n) is 15.9. The molecule has 1 aromatic heterocycles. The number of hydrogen-bond donors (Lipinski definition) is 1. The van der Waals surface area contributed by atoms with Crippen LogP contribution in [-0.2, 0) is 22.1 Å². The number of methoxy groups -OCH3 is 2. The van der Waals surface area contributed by atoms with Crippen LogP contribution >= 0.6 is 11.3 Å². The Balaban J connectivity index is 1.60. The molecule has 0 radical (unpaired) electrons. The minimum Gasteiger partial charge on any atom is -0.497 e. The first-order valence-corrected chi connectivity index (χ1v) is 11.3. The van der Waals surface area contributed by atoms with Gasteiger partial charge in [-0.1, -0.05) is 12.1 Å². The zero-order chi connectivity index (χ0) is 20.6. The van der Waals surface area contributed by atoms with Gasteiger partial charge in [0.05, 0.1) is 29.7 Å². The molecular weight excluding hydrogens is 410 g/mol. The van der Waals surface area contributed by atoms with Crippen molar-refractivity contribution in [3.05, 3.63) is 64.5 Å². The molecule has 1 aliphatic heterocycles. The smallest absolute Gasteiger partial charge is 0.261 e. The fourth-order valence-electron chi connectivity index (χ4n) is 3.26. The molecular formula is C21H19NO5S2. The van der Waals surface area contributed by atoms with E-state index < -0.39 is 9.84 Å². The van der Waals surface area contributed by atoms with E-state index in [1.807, 2.05) is 24.3 Å². The van der Waals surface area contributed by atoms with Crippen molar-refractivity contribution in [3.63, 3.8) is 0 Å². The fraction of sp³-hybridized carbons (Fsp3) is 0.190. The number of rotatable bonds is 5. The van der Waals surface area contributed by atoms with E-state index in [0.717, 1.165) is 16.2 Å². The summed E-state index contributed by atoms with van der Waals surface area (Å²) in [6.45, 7) is 0.369. The number of ether oxygens (including phenoxy) is 2. The number of carbonyl (C=O) groups is 1. The fourth-order valence-corrected chi connectivity index (χ4v) is 6.10. The van der Waals surface area contributed by atoms with Crippen LogP contribution in [0.2, 0.25) is 0 Å². The Morgan fingerprint density at radius 1 is 1.03 bits per heavy atom. The SMILES string of the molecule is COc1ccc(CNC(=O)c2cc3c(s2)-c2cc(OC)ccc2S(=O)(=O)C3)cc1. The second-order valence-electron chi connectivity index (χ2n) is 6.62. The van der Waals surface area contributed by atoms with Gasteiger partial charge in [-0.3, -0.25) is 4.79 Å². The van der Waals surface area contributed by atoms with Crippen molar-refractivity contribution in [2.24, 2.45) is 0 Å². The summed E-state index contributed by atoms with van der Waals surface area (Å²) in [7, 11) is -0.313. The molecule has 0 fully saturated rings. The van der Waals surface area contributed by atoms with Crippen LogP contribution in [0.3, 0.4) is 0 Å². The highest BCUT2D eigenvalue weighted by atomic mass is 32.2. The maximum absolute atomic E-state index is 12.7. The predicted molar refractivity (Wildman–Crippen MR) is 111 cm³/mol. The van der Waals surface area contributed by atoms with Crippen molar-refractivity contribution in [1.82, 2.24) is 5.32 Å². The number of benzene rings is 2. The van der Waals surface area contributed by atoms with E-state index in [9.17, 15) is 13.2 Å². The number of fused-ring (bicyclic) bond motifs is 3. The molecule has 29 heavy (non-hydrogen) atoms. The van der Waals surface area contributed by atoms with Crippen LogP contribution in [0.5, 0.6) is 11.5 Å². The number of amides is 1. The van der Waals surface area contributed by atoms with Gasteiger partial charge in [-0.25, -0.2) is 8.42 Å². The summed E-state index contributed by atoms with van der Waals surface area (Å²) in [4.78, 5) is 14.2. The normalized spacial score (nSPS) is 13.9. The minimum atomic E-state index is -3.45. The van der Waals surface area contributed by atoms with Gasteiger partial charge in [-0.2, -0.15) is 0 Å². The molecule has 0 saturated heterocycles. The highest BCUT2D eigenvalue weighted by Crippen LogP contribution is 2.44. The quantitative estimate of drug-likeness (QED) is 0.670. The molecule has 2 heterocycles. The lowest BCUT2D eigenvalue weighted by Gasteiger charge is -2.17. The molecule has 1 amide bonds. The van der Waals surface area contributed by atoms with Crippen LogP contribution in [0.15, 0.2) is 53.4 Å². The maximum atomic E-state index is 12.7. The number of carbonyl (C=O) groups excluding carboxylic acids is 1. The first kappa shape index (κ1) is 19.5. The van der Waals surface area contributed by atoms with E-state index in [2.05, 4.69) is 5.32 Å². The number of nitrogens with one attached hydrogen (secondary N) is 1. The Hall–Kier alpha value is -2.84. The first-order valence-electron chi connectivity index (χ1n) is 8.86. The van der Waals surface area contributed by atoms with Gasteiger partial charge >= 0.3 is 0 Å². The average molecular weight is 430 g/mol. The standard InChI is InChI=1S/C21H19NO5S2/c1-26-15-5-3-13(4-6-15)11-22-21(23)18-9-14-12-29(24,25)19-8-7-16(27-2)10-17(19)20(14)28-18/h3-10H,11-12H2,1-2H3,(H,22,23). The van der Waals surface area contributed by atoms with E-state index in [1.54, 1.807) is 31.4 Å². The van der Waals surface area contributed by atoms with Crippen LogP contribution in [-0.4, -0.2) is 28.5 Å². The van der Waals surface area contributed by atoms with Gasteiger partial charge in [0, 0.05) is 17.0 Å². The predicted octanol–water partition coefficient (Wildman–Crippen LogP) is 3.65. The van der Waals surface area contributed by atoms with E-state index >= 15 is 0 Å². The number of hydrogen-bond acceptors (Lipinski definition) is 6. The Morgan fingerprint density at radius 2 is 1.72 bits per heavy atom. The summed E-state index contributed by atoms with van der Waals surface area (Å²) in [5.74, 6) is 0.985. The molecule has 150 valence electrons. The summed E-state index contributed by atoms with van der Waals surface area (Å²) >= 11 is 1.30. The molecule has 8 heteroatoms. The van der Waals surface area contributed by atoms with Gasteiger partial charge < -0.3 is 14.8 Å². The van der Waals surface area contributed by atoms with Gasteiger partial charge in [0.2, 0.25) is 0 Å². The lowest BCUT2D eigenvalue weighted by atomic mass is 10.1. The third-order valence-electron chi connectivity index (χ3n) is 4.76. The second-order valence-corrected chi connectivity index (χ2v) is 9.63. The molecule has 0 saturated carbocycles. The van der Waals surface area contributed by atoms with Crippen molar-refractivity contribution < 1.29 is 22.7 Å². The number of thiophene rings is 1. The van der Waals surface area contributed by atoms with E-state index in [-0.39, 0.29) is 16.6 Å². The summed E-state index contributed by atoms with van der Waals surface area (Å²) in [5.41, 5.74) is 2.17. The molecule has 0 unspecified atom stereocenters. The lowest BCUT2D eigenvalue weighted by Crippen LogP contribution is -2.21. The van der Waals surface area contributed by atoms with Crippen molar-refractivity contribution in [2.45, 2.75) is 17.2 Å². The molecule has 0 aliphatic carbocycles. The van der Waals surface area contributed by atoms with Crippen molar-refractivity contribution in [2.75, 3.05) is 14.2 Å². The molecule has 0 spiro atoms. The van der Waals surface area contributed by atoms with Crippen LogP contribution in [0.4, 0.5) is 0 Å². The molecule has 1 N–H and O–H groups in total. The Labute approximate surface area is 173 Å². The Bertz CT molecular complexity index is 1180. The van der Waals surface area contributed by atoms with E-state index in [1.165, 1.54) is 18.4 Å². The highest BCUT2D eigenvalue weighted by Gasteiger charge is 2.31. The summed E-state index contributed by atoms with van der Waals surface area (Å²) in [6.07, 6.45) is 0. The average Bonchev–Trinajstić information content (AvgIpc) is 3.15. The topological polar surface area (TPSA) is 81.7 Å². The largest absolute Gasteiger partial charge is 0.497 e. The van der Waals surface area contributed by atoms with Crippen LogP contribution < -0.4 is 14.8 Å². The van der Waals surface area contributed by atoms with Crippen molar-refractivity contribution in [3.8, 4) is 21.9 Å². The Kier molecular flexibility index (Phi) is 5.06. The second kappa shape index (κ2) is 7.53. The van der Waals surface area contributed by atoms with Crippen LogP contribution in [0.1, 0.15) is 20.8 Å². The monoisotopic (exact) mass is 429 g/mol. The van der Waals surface area contributed by atoms with Gasteiger partial charge in [-0.15, -0.1) is 11.3 Å². The van der Waals surface area contributed by atoms with Crippen molar-refractivity contribution >= 4 is 27.1 Å². The lowest BCUT2D eigenvalue weighted by molar-refractivity contribution is 0.0955. The third-order valence-corrected chi connectivity index (χ3v) is 7.68. The molecule has 0 bridgehead atoms. The summed E-state index contributed by atoms with van der Waals surface area (Å²) in [5, 5.41) is 2.89. The molecule has 4 rings (SSSR count). The van der Waals surface area contributed by atoms with E-state index in [0.29, 0.717) is 28.3 Å². The van der Waals surface area contributed by atoms with E-state index in [4.69, 9.17) is 9.47 Å². The summed E-state index contributed by atoms with van der Waals surface area (Å²) < 4.78 is 35.6. The van der Waals surface area contributed by atoms with Crippen molar-refractivity contribution in [1.29, 1.82) is 0 Å². The third kappa shape index (κ3) is 3.73. The van der Waals surface area contributed by atoms with Gasteiger partial charge in [0.25, 0.3) is 5.91 Å². The molecule has 0 atom stereocenters. The minimum absolute atomic E-state index is 0.107. The molecule has 6 nitrogen and oxygen atoms in total. The Morgan fingerprint density at radius 3 is 2.41 bits per heavy atom. The van der Waals surface area contributed by atoms with Crippen LogP contribution in [0.25, 0.3) is 10.4 Å². The molecule has 2 aromatic carbocycles. The molecule has 3 aromatic rings. The zero-order valence-corrected chi connectivity index (χ0v) is 17.5. The summed E-state index contributed by atoms with van der Waals surface area (Å²) in [6, 6.07) is 14.0. The van der Waals surface area contributed by atoms with Gasteiger partial charge in [-0.05, 0) is 47.5 Å². The first-order chi connectivity index (χ1) is 13.9. The number of sulfone groups is 1. The van der Waals surface area contributed by atoms with Crippen LogP contribution in [0, 0.1) is 0 Å². The molecule has 1 aliphatic rings.